The van der Waals surface area contributed by atoms with Crippen LogP contribution >= 0.6 is 15.9 Å². The molecule has 1 aromatic carbocycles. The molecule has 2 N–H and O–H groups in total. The smallest absolute Gasteiger partial charge is 0.148 e. The van der Waals surface area contributed by atoms with Crippen molar-refractivity contribution in [1.82, 2.24) is 5.32 Å². The van der Waals surface area contributed by atoms with Gasteiger partial charge in [0.15, 0.2) is 0 Å². The molecule has 0 heterocycles. The third-order valence-electron chi connectivity index (χ3n) is 2.89. The van der Waals surface area contributed by atoms with E-state index in [0.29, 0.717) is 12.6 Å². The van der Waals surface area contributed by atoms with Crippen LogP contribution in [0.25, 0.3) is 0 Å². The lowest BCUT2D eigenvalue weighted by Gasteiger charge is -2.17. The number of halogens is 1. The summed E-state index contributed by atoms with van der Waals surface area (Å²) in [6.07, 6.45) is 6.95. The third kappa shape index (κ3) is 5.65. The van der Waals surface area contributed by atoms with Gasteiger partial charge in [-0.15, -0.1) is 6.42 Å². The maximum atomic E-state index is 8.99. The highest BCUT2D eigenvalue weighted by atomic mass is 79.9. The minimum Gasteiger partial charge on any atom is -0.481 e. The van der Waals surface area contributed by atoms with Gasteiger partial charge in [0.05, 0.1) is 0 Å². The van der Waals surface area contributed by atoms with E-state index in [9.17, 15) is 0 Å². The van der Waals surface area contributed by atoms with Crippen LogP contribution in [0, 0.1) is 12.3 Å². The summed E-state index contributed by atoms with van der Waals surface area (Å²) >= 11 is 3.46. The first-order valence-corrected chi connectivity index (χ1v) is 7.19. The highest BCUT2D eigenvalue weighted by Crippen LogP contribution is 2.23. The molecule has 0 amide bonds. The average molecular weight is 326 g/mol. The van der Waals surface area contributed by atoms with Gasteiger partial charge in [-0.2, -0.15) is 0 Å². The monoisotopic (exact) mass is 325 g/mol. The molecule has 1 atom stereocenters. The maximum absolute atomic E-state index is 8.99. The molecule has 0 radical (unpaired) electrons. The van der Waals surface area contributed by atoms with Gasteiger partial charge in [0.2, 0.25) is 0 Å². The van der Waals surface area contributed by atoms with Crippen molar-refractivity contribution in [3.63, 3.8) is 0 Å². The molecule has 0 aliphatic carbocycles. The van der Waals surface area contributed by atoms with Gasteiger partial charge in [0.1, 0.15) is 12.4 Å². The van der Waals surface area contributed by atoms with Gasteiger partial charge in [-0.3, -0.25) is 0 Å². The van der Waals surface area contributed by atoms with Crippen LogP contribution in [0.2, 0.25) is 0 Å². The van der Waals surface area contributed by atoms with E-state index in [1.807, 2.05) is 18.2 Å². The first-order valence-electron chi connectivity index (χ1n) is 6.40. The summed E-state index contributed by atoms with van der Waals surface area (Å²) in [4.78, 5) is 0. The number of rotatable bonds is 8. The normalized spacial score (nSPS) is 11.9. The van der Waals surface area contributed by atoms with Gasteiger partial charge in [0, 0.05) is 29.2 Å². The Morgan fingerprint density at radius 2 is 2.32 bits per heavy atom. The number of aliphatic hydroxyl groups is 1. The van der Waals surface area contributed by atoms with Crippen LogP contribution in [0.4, 0.5) is 0 Å². The maximum Gasteiger partial charge on any atom is 0.148 e. The van der Waals surface area contributed by atoms with Crippen molar-refractivity contribution in [2.75, 3.05) is 13.2 Å². The summed E-state index contributed by atoms with van der Waals surface area (Å²) in [5, 5.41) is 12.4. The van der Waals surface area contributed by atoms with Crippen molar-refractivity contribution in [2.24, 2.45) is 0 Å². The molecule has 3 nitrogen and oxygen atoms in total. The van der Waals surface area contributed by atoms with Gasteiger partial charge in [-0.1, -0.05) is 28.8 Å². The molecule has 1 rings (SSSR count). The second-order valence-corrected chi connectivity index (χ2v) is 5.16. The average Bonchev–Trinajstić information content (AvgIpc) is 2.42. The molecule has 1 aromatic rings. The zero-order valence-corrected chi connectivity index (χ0v) is 12.7. The van der Waals surface area contributed by atoms with Crippen LogP contribution in [0.1, 0.15) is 25.3 Å². The van der Waals surface area contributed by atoms with E-state index in [1.165, 1.54) is 0 Å². The van der Waals surface area contributed by atoms with E-state index in [1.54, 1.807) is 0 Å². The number of hydrogen-bond acceptors (Lipinski definition) is 3. The molecule has 104 valence electrons. The first kappa shape index (κ1) is 16.0. The molecule has 19 heavy (non-hydrogen) atoms. The zero-order chi connectivity index (χ0) is 14.1. The van der Waals surface area contributed by atoms with Crippen molar-refractivity contribution in [3.05, 3.63) is 28.2 Å². The topological polar surface area (TPSA) is 41.5 Å². The second kappa shape index (κ2) is 8.98. The van der Waals surface area contributed by atoms with Gasteiger partial charge in [0.25, 0.3) is 0 Å². The molecular weight excluding hydrogens is 306 g/mol. The Kier molecular flexibility index (Phi) is 7.57. The molecule has 0 saturated heterocycles. The molecule has 0 spiro atoms. The van der Waals surface area contributed by atoms with E-state index >= 15 is 0 Å². The summed E-state index contributed by atoms with van der Waals surface area (Å²) in [6.45, 7) is 3.26. The third-order valence-corrected chi connectivity index (χ3v) is 3.38. The first-order chi connectivity index (χ1) is 9.21. The van der Waals surface area contributed by atoms with Gasteiger partial charge < -0.3 is 15.2 Å². The largest absolute Gasteiger partial charge is 0.481 e. The Balaban J connectivity index is 2.69. The standard InChI is InChI=1S/C15H20BrNO2/c1-3-9-19-15-6-5-13(16)10-12(15)11-17-14(4-2)7-8-18/h1,5-6,10,14,17-18H,4,7-9,11H2,2H3. The summed E-state index contributed by atoms with van der Waals surface area (Å²) in [5.74, 6) is 3.27. The molecule has 0 aliphatic heterocycles. The highest BCUT2D eigenvalue weighted by Gasteiger charge is 2.08. The van der Waals surface area contributed by atoms with E-state index in [4.69, 9.17) is 16.3 Å². The van der Waals surface area contributed by atoms with Crippen LogP contribution in [-0.2, 0) is 6.54 Å². The van der Waals surface area contributed by atoms with Gasteiger partial charge in [-0.25, -0.2) is 0 Å². The fourth-order valence-corrected chi connectivity index (χ4v) is 2.22. The van der Waals surface area contributed by atoms with Crippen molar-refractivity contribution >= 4 is 15.9 Å². The molecular formula is C15H20BrNO2. The predicted octanol–water partition coefficient (Wildman–Crippen LogP) is 2.71. The Bertz CT molecular complexity index is 429. The lowest BCUT2D eigenvalue weighted by molar-refractivity contribution is 0.261. The van der Waals surface area contributed by atoms with E-state index < -0.39 is 0 Å². The lowest BCUT2D eigenvalue weighted by Crippen LogP contribution is -2.29. The molecule has 1 unspecified atom stereocenters. The number of terminal acetylenes is 1. The Hall–Kier alpha value is -1.02. The number of aliphatic hydroxyl groups excluding tert-OH is 1. The quantitative estimate of drug-likeness (QED) is 0.722. The van der Waals surface area contributed by atoms with Crippen molar-refractivity contribution in [2.45, 2.75) is 32.4 Å². The van der Waals surface area contributed by atoms with Gasteiger partial charge in [-0.05, 0) is 31.0 Å². The Morgan fingerprint density at radius 3 is 2.95 bits per heavy atom. The molecule has 4 heteroatoms. The second-order valence-electron chi connectivity index (χ2n) is 4.24. The molecule has 0 fully saturated rings. The summed E-state index contributed by atoms with van der Waals surface area (Å²) in [6, 6.07) is 6.17. The molecule has 0 saturated carbocycles. The highest BCUT2D eigenvalue weighted by molar-refractivity contribution is 9.10. The van der Waals surface area contributed by atoms with Crippen molar-refractivity contribution in [3.8, 4) is 18.1 Å². The van der Waals surface area contributed by atoms with Crippen LogP contribution < -0.4 is 10.1 Å². The van der Waals surface area contributed by atoms with E-state index in [2.05, 4.69) is 34.1 Å². The number of benzene rings is 1. The van der Waals surface area contributed by atoms with Crippen LogP contribution in [-0.4, -0.2) is 24.4 Å². The molecule has 0 bridgehead atoms. The molecule has 0 aromatic heterocycles. The van der Waals surface area contributed by atoms with Crippen LogP contribution in [0.15, 0.2) is 22.7 Å². The Labute approximate surface area is 123 Å². The van der Waals surface area contributed by atoms with Crippen molar-refractivity contribution < 1.29 is 9.84 Å². The number of nitrogens with one attached hydrogen (secondary N) is 1. The fraction of sp³-hybridized carbons (Fsp3) is 0.467. The molecule has 0 aliphatic rings. The summed E-state index contributed by atoms with van der Waals surface area (Å²) < 4.78 is 6.53. The van der Waals surface area contributed by atoms with Crippen molar-refractivity contribution in [1.29, 1.82) is 0 Å². The Morgan fingerprint density at radius 1 is 1.53 bits per heavy atom. The van der Waals surface area contributed by atoms with Crippen LogP contribution in [0.3, 0.4) is 0 Å². The SMILES string of the molecule is C#CCOc1ccc(Br)cc1CNC(CC)CCO. The summed E-state index contributed by atoms with van der Waals surface area (Å²) in [7, 11) is 0. The van der Waals surface area contributed by atoms with E-state index in [-0.39, 0.29) is 13.2 Å². The minimum absolute atomic E-state index is 0.199. The van der Waals surface area contributed by atoms with Gasteiger partial charge >= 0.3 is 0 Å². The summed E-state index contributed by atoms with van der Waals surface area (Å²) in [5.41, 5.74) is 1.06. The zero-order valence-electron chi connectivity index (χ0n) is 11.2. The van der Waals surface area contributed by atoms with E-state index in [0.717, 1.165) is 28.6 Å². The fourth-order valence-electron chi connectivity index (χ4n) is 1.81. The number of hydrogen-bond donors (Lipinski definition) is 2. The minimum atomic E-state index is 0.199. The lowest BCUT2D eigenvalue weighted by atomic mass is 10.1. The van der Waals surface area contributed by atoms with Crippen LogP contribution in [0.5, 0.6) is 5.75 Å². The predicted molar refractivity (Wildman–Crippen MR) is 81.1 cm³/mol. The number of ether oxygens (including phenoxy) is 1.